The van der Waals surface area contributed by atoms with Gasteiger partial charge in [0, 0.05) is 36.5 Å². The maximum atomic E-state index is 7.79. The first-order valence-corrected chi connectivity index (χ1v) is 30.7. The molecule has 0 bridgehead atoms. The van der Waals surface area contributed by atoms with Crippen LogP contribution in [0.4, 0.5) is 17.3 Å². The summed E-state index contributed by atoms with van der Waals surface area (Å²) in [7, 11) is 1.29. The van der Waals surface area contributed by atoms with Crippen molar-refractivity contribution in [3.8, 4) is 5.75 Å². The third-order valence-electron chi connectivity index (χ3n) is 17.4. The lowest BCUT2D eigenvalue weighted by Crippen LogP contribution is -2.53. The first-order valence-electron chi connectivity index (χ1n) is 30.7. The predicted molar refractivity (Wildman–Crippen MR) is 363 cm³/mol. The van der Waals surface area contributed by atoms with Gasteiger partial charge in [0.25, 0.3) is 0 Å². The van der Waals surface area contributed by atoms with Crippen molar-refractivity contribution < 1.29 is 14.0 Å². The zero-order valence-corrected chi connectivity index (χ0v) is 52.1. The number of likely N-dealkylation sites (tertiary alicyclic amines) is 1. The molecule has 10 aromatic rings. The standard InChI is InChI=1S/C57H54N6.C17H23BN2O3.C2H6/c1-43(37-39-62-40-38-45(42-62)44-23-9-2-10-24-44)52-41-53(61-56(46-25-11-3-12-26-46,47-27-13-4-14-28-47)48-29-15-5-16-30-48)60-55(54(52)58)63(59)57(49-31-17-6-18-32-49,50-33-19-7-20-34-50)51-35-21-8-22-36-51;1-16(2)17(3,4)23-18(22-16)14-10-19-20(12-14)11-13-7-6-8-15(9-13)21-5;1-2/h2-37,41,45H,38-40,42,58-59H2,1H3,(H,60,61);6-10,12H,11H2,1-5H3;1-2H3/b43-37+;;. The Morgan fingerprint density at radius 3 is 1.60 bits per heavy atom. The van der Waals surface area contributed by atoms with Crippen LogP contribution < -0.4 is 32.1 Å². The number of nitrogen functional groups attached to an aromatic ring is 1. The van der Waals surface area contributed by atoms with E-state index in [9.17, 15) is 0 Å². The Hall–Kier alpha value is -9.04. The largest absolute Gasteiger partial charge is 0.498 e. The molecule has 2 saturated heterocycles. The lowest BCUT2D eigenvalue weighted by molar-refractivity contribution is 0.00578. The van der Waals surface area contributed by atoms with Gasteiger partial charge in [0.05, 0.1) is 30.5 Å². The zero-order chi connectivity index (χ0) is 61.7. The Morgan fingerprint density at radius 2 is 1.12 bits per heavy atom. The number of hydrogen-bond acceptors (Lipinski definition) is 10. The molecule has 0 radical (unpaired) electrons. The van der Waals surface area contributed by atoms with Crippen LogP contribution in [0.15, 0.2) is 261 Å². The molecule has 2 aliphatic rings. The van der Waals surface area contributed by atoms with Crippen LogP contribution in [0.25, 0.3) is 5.57 Å². The van der Waals surface area contributed by atoms with Crippen LogP contribution in [0.2, 0.25) is 0 Å². The first kappa shape index (κ1) is 62.0. The molecule has 12 rings (SSSR count). The summed E-state index contributed by atoms with van der Waals surface area (Å²) in [4.78, 5) is 8.06. The molecule has 8 aromatic carbocycles. The van der Waals surface area contributed by atoms with Crippen LogP contribution in [0.5, 0.6) is 5.75 Å². The number of hydrogen-bond donors (Lipinski definition) is 3. The molecular formula is C76H83BN8O3. The number of ether oxygens (including phenoxy) is 1. The molecule has 1 atom stereocenters. The third kappa shape index (κ3) is 13.1. The highest BCUT2D eigenvalue weighted by Gasteiger charge is 2.52. The first-order chi connectivity index (χ1) is 42.8. The summed E-state index contributed by atoms with van der Waals surface area (Å²) in [6.07, 6.45) is 7.23. The van der Waals surface area contributed by atoms with Crippen LogP contribution in [-0.4, -0.2) is 64.7 Å². The number of anilines is 3. The van der Waals surface area contributed by atoms with Crippen LogP contribution in [0.3, 0.4) is 0 Å². The van der Waals surface area contributed by atoms with Crippen molar-refractivity contribution in [3.63, 3.8) is 0 Å². The number of pyridine rings is 1. The van der Waals surface area contributed by atoms with Gasteiger partial charge in [-0.2, -0.15) is 5.10 Å². The maximum Gasteiger partial charge on any atom is 0.498 e. The average Bonchev–Trinajstić information content (AvgIpc) is 1.23. The minimum atomic E-state index is -1.03. The van der Waals surface area contributed by atoms with E-state index in [1.54, 1.807) is 12.1 Å². The number of hydrazine groups is 1. The Morgan fingerprint density at radius 1 is 0.659 bits per heavy atom. The van der Waals surface area contributed by atoms with Gasteiger partial charge in [0.2, 0.25) is 0 Å². The van der Waals surface area contributed by atoms with Crippen LogP contribution in [0.1, 0.15) is 111 Å². The molecule has 2 aliphatic heterocycles. The molecule has 0 aliphatic carbocycles. The summed E-state index contributed by atoms with van der Waals surface area (Å²) >= 11 is 0. The summed E-state index contributed by atoms with van der Waals surface area (Å²) < 4.78 is 19.2. The number of aromatic nitrogens is 3. The van der Waals surface area contributed by atoms with Crippen molar-refractivity contribution in [2.45, 2.75) is 89.6 Å². The van der Waals surface area contributed by atoms with Crippen molar-refractivity contribution in [2.75, 3.05) is 42.8 Å². The number of allylic oxidation sites excluding steroid dienone is 1. The molecule has 0 spiro atoms. The number of rotatable bonds is 18. The van der Waals surface area contributed by atoms with Gasteiger partial charge in [-0.3, -0.25) is 14.6 Å². The Kier molecular flexibility index (Phi) is 19.6. The number of benzene rings is 8. The lowest BCUT2D eigenvalue weighted by Gasteiger charge is -2.44. The lowest BCUT2D eigenvalue weighted by atomic mass is 9.76. The van der Waals surface area contributed by atoms with Crippen LogP contribution >= 0.6 is 0 Å². The van der Waals surface area contributed by atoms with Crippen molar-refractivity contribution in [3.05, 3.63) is 311 Å². The van der Waals surface area contributed by atoms with Gasteiger partial charge in [-0.05, 0) is 122 Å². The monoisotopic (exact) mass is 1170 g/mol. The van der Waals surface area contributed by atoms with Gasteiger partial charge >= 0.3 is 7.12 Å². The van der Waals surface area contributed by atoms with E-state index in [1.165, 1.54) is 5.56 Å². The number of nitrogens with one attached hydrogen (secondary N) is 1. The third-order valence-corrected chi connectivity index (χ3v) is 17.4. The second-order valence-corrected chi connectivity index (χ2v) is 23.4. The molecule has 0 saturated carbocycles. The highest BCUT2D eigenvalue weighted by molar-refractivity contribution is 6.62. The highest BCUT2D eigenvalue weighted by Crippen LogP contribution is 2.47. The molecule has 0 amide bonds. The summed E-state index contributed by atoms with van der Waals surface area (Å²) in [5, 5.41) is 10.3. The van der Waals surface area contributed by atoms with E-state index in [2.05, 4.69) is 235 Å². The van der Waals surface area contributed by atoms with Crippen molar-refractivity contribution in [1.82, 2.24) is 19.7 Å². The fraction of sp³-hybridized carbons (Fsp3) is 0.237. The zero-order valence-electron chi connectivity index (χ0n) is 52.1. The smallest absolute Gasteiger partial charge is 0.497 e. The number of methoxy groups -OCH3 is 1. The number of nitrogens with two attached hydrogens (primary N) is 2. The molecule has 2 fully saturated rings. The molecule has 2 aromatic heterocycles. The molecule has 88 heavy (non-hydrogen) atoms. The van der Waals surface area contributed by atoms with Gasteiger partial charge in [0.1, 0.15) is 22.6 Å². The fourth-order valence-corrected chi connectivity index (χ4v) is 12.1. The normalized spacial score (nSPS) is 15.5. The minimum Gasteiger partial charge on any atom is -0.497 e. The van der Waals surface area contributed by atoms with Gasteiger partial charge in [-0.1, -0.05) is 244 Å². The topological polar surface area (TPSA) is 129 Å². The number of nitrogens with zero attached hydrogens (tertiary/aromatic N) is 5. The van der Waals surface area contributed by atoms with E-state index in [0.29, 0.717) is 29.8 Å². The molecule has 11 nitrogen and oxygen atoms in total. The van der Waals surface area contributed by atoms with E-state index in [4.69, 9.17) is 30.6 Å². The maximum absolute atomic E-state index is 7.79. The van der Waals surface area contributed by atoms with E-state index in [0.717, 1.165) is 87.3 Å². The summed E-state index contributed by atoms with van der Waals surface area (Å²) in [5.74, 6) is 10.2. The Bertz CT molecular complexity index is 3620. The highest BCUT2D eigenvalue weighted by atomic mass is 16.7. The fourth-order valence-electron chi connectivity index (χ4n) is 12.1. The Labute approximate surface area is 521 Å². The van der Waals surface area contributed by atoms with E-state index < -0.39 is 11.1 Å². The second-order valence-electron chi connectivity index (χ2n) is 23.4. The average molecular weight is 1170 g/mol. The van der Waals surface area contributed by atoms with Gasteiger partial charge < -0.3 is 25.1 Å². The van der Waals surface area contributed by atoms with Gasteiger partial charge in [-0.25, -0.2) is 10.8 Å². The van der Waals surface area contributed by atoms with E-state index in [1.807, 2.05) is 95.0 Å². The molecule has 5 N–H and O–H groups in total. The molecular weight excluding hydrogens is 1080 g/mol. The predicted octanol–water partition coefficient (Wildman–Crippen LogP) is 14.9. The molecule has 1 unspecified atom stereocenters. The minimum absolute atomic E-state index is 0.341. The van der Waals surface area contributed by atoms with Crippen LogP contribution in [0, 0.1) is 0 Å². The summed E-state index contributed by atoms with van der Waals surface area (Å²) in [5.41, 5.74) is 16.9. The van der Waals surface area contributed by atoms with Crippen LogP contribution in [-0.2, 0) is 26.9 Å². The van der Waals surface area contributed by atoms with Crippen molar-refractivity contribution >= 4 is 35.5 Å². The quantitative estimate of drug-likeness (QED) is 0.0331. The van der Waals surface area contributed by atoms with E-state index in [-0.39, 0.29) is 18.3 Å². The molecule has 448 valence electrons. The second kappa shape index (κ2) is 27.8. The van der Waals surface area contributed by atoms with E-state index >= 15 is 0 Å². The van der Waals surface area contributed by atoms with Crippen molar-refractivity contribution in [1.29, 1.82) is 0 Å². The van der Waals surface area contributed by atoms with Crippen molar-refractivity contribution in [2.24, 2.45) is 5.84 Å². The molecule has 4 heterocycles. The summed E-state index contributed by atoms with van der Waals surface area (Å²) in [6.45, 7) is 17.9. The summed E-state index contributed by atoms with van der Waals surface area (Å²) in [6, 6.07) is 84.0. The van der Waals surface area contributed by atoms with Gasteiger partial charge in [0.15, 0.2) is 5.82 Å². The Balaban J connectivity index is 0.000000285. The SMILES string of the molecule is C/C(=C\CN1CCC(c2ccccc2)C1)c1cc(NC(c2ccccc2)(c2ccccc2)c2ccccc2)nc(N(N)C(c2ccccc2)(c2ccccc2)c2ccccc2)c1N.CC.COc1cccc(Cn2cc(B3OC(C)(C)C(C)(C)O3)cn2)c1. The molecule has 12 heteroatoms. The van der Waals surface area contributed by atoms with Gasteiger partial charge in [-0.15, -0.1) is 0 Å².